The van der Waals surface area contributed by atoms with Crippen LogP contribution in [0.25, 0.3) is 0 Å². The predicted molar refractivity (Wildman–Crippen MR) is 62.8 cm³/mol. The van der Waals surface area contributed by atoms with Gasteiger partial charge in [0.15, 0.2) is 0 Å². The van der Waals surface area contributed by atoms with Crippen LogP contribution in [0.3, 0.4) is 0 Å². The lowest BCUT2D eigenvalue weighted by atomic mass is 10.2. The van der Waals surface area contributed by atoms with Crippen molar-refractivity contribution in [2.75, 3.05) is 6.54 Å². The molecule has 18 heavy (non-hydrogen) atoms. The van der Waals surface area contributed by atoms with Gasteiger partial charge in [-0.25, -0.2) is 17.9 Å². The van der Waals surface area contributed by atoms with Gasteiger partial charge in [0.1, 0.15) is 0 Å². The molecule has 2 N–H and O–H groups in total. The van der Waals surface area contributed by atoms with E-state index in [9.17, 15) is 13.2 Å². The Hall–Kier alpha value is -1.34. The zero-order valence-corrected chi connectivity index (χ0v) is 10.6. The van der Waals surface area contributed by atoms with Crippen molar-refractivity contribution in [3.63, 3.8) is 0 Å². The lowest BCUT2D eigenvalue weighted by molar-refractivity contribution is 0.0656. The van der Waals surface area contributed by atoms with Gasteiger partial charge in [-0.3, -0.25) is 0 Å². The molecule has 1 aromatic rings. The van der Waals surface area contributed by atoms with Crippen molar-refractivity contribution in [3.8, 4) is 0 Å². The van der Waals surface area contributed by atoms with Crippen molar-refractivity contribution in [2.24, 2.45) is 5.92 Å². The van der Waals surface area contributed by atoms with E-state index in [1.54, 1.807) is 0 Å². The zero-order valence-electron chi connectivity index (χ0n) is 9.76. The number of carboxylic acids is 1. The van der Waals surface area contributed by atoms with Gasteiger partial charge in [-0.15, -0.1) is 0 Å². The summed E-state index contributed by atoms with van der Waals surface area (Å²) < 4.78 is 30.6. The van der Waals surface area contributed by atoms with E-state index in [1.165, 1.54) is 12.8 Å². The van der Waals surface area contributed by atoms with E-state index in [1.807, 2.05) is 0 Å². The molecule has 1 aliphatic rings. The van der Waals surface area contributed by atoms with Gasteiger partial charge in [-0.05, 0) is 30.9 Å². The fraction of sp³-hybridized carbons (Fsp3) is 0.545. The minimum absolute atomic E-state index is 0.349. The van der Waals surface area contributed by atoms with Crippen LogP contribution in [-0.4, -0.2) is 26.0 Å². The average molecular weight is 273 g/mol. The summed E-state index contributed by atoms with van der Waals surface area (Å²) in [6, 6.07) is 2.27. The smallest absolute Gasteiger partial charge is 0.371 e. The molecule has 0 atom stereocenters. The first-order valence-corrected chi connectivity index (χ1v) is 7.30. The Bertz CT molecular complexity index is 529. The highest BCUT2D eigenvalue weighted by molar-refractivity contribution is 7.89. The summed E-state index contributed by atoms with van der Waals surface area (Å²) in [5.41, 5.74) is 0. The topological polar surface area (TPSA) is 96.6 Å². The third-order valence-corrected chi connectivity index (χ3v) is 4.17. The van der Waals surface area contributed by atoms with Crippen LogP contribution in [0.2, 0.25) is 0 Å². The Morgan fingerprint density at radius 1 is 1.44 bits per heavy atom. The van der Waals surface area contributed by atoms with Crippen molar-refractivity contribution in [1.29, 1.82) is 0 Å². The van der Waals surface area contributed by atoms with Crippen LogP contribution in [0.15, 0.2) is 21.6 Å². The van der Waals surface area contributed by atoms with Crippen molar-refractivity contribution in [2.45, 2.75) is 30.8 Å². The Balaban J connectivity index is 1.89. The minimum Gasteiger partial charge on any atom is -0.475 e. The minimum atomic E-state index is -3.73. The fourth-order valence-corrected chi connectivity index (χ4v) is 2.66. The standard InChI is InChI=1S/C11H15NO5S/c13-11(14)9-5-6-10(17-9)18(15,16)12-7-1-2-8-3-4-8/h5-6,8,12H,1-4,7H2,(H,13,14). The molecule has 0 unspecified atom stereocenters. The number of rotatable bonds is 7. The number of carbonyl (C=O) groups is 1. The van der Waals surface area contributed by atoms with Gasteiger partial charge in [-0.2, -0.15) is 0 Å². The van der Waals surface area contributed by atoms with Crippen LogP contribution in [-0.2, 0) is 10.0 Å². The van der Waals surface area contributed by atoms with Gasteiger partial charge >= 0.3 is 5.97 Å². The van der Waals surface area contributed by atoms with E-state index < -0.39 is 16.0 Å². The number of nitrogens with one attached hydrogen (secondary N) is 1. The molecule has 0 radical (unpaired) electrons. The third kappa shape index (κ3) is 3.33. The van der Waals surface area contributed by atoms with Crippen molar-refractivity contribution < 1.29 is 22.7 Å². The van der Waals surface area contributed by atoms with E-state index in [0.717, 1.165) is 30.9 Å². The van der Waals surface area contributed by atoms with Crippen LogP contribution in [0.5, 0.6) is 0 Å². The largest absolute Gasteiger partial charge is 0.475 e. The van der Waals surface area contributed by atoms with Gasteiger partial charge in [0, 0.05) is 6.54 Å². The maximum atomic E-state index is 11.7. The second-order valence-corrected chi connectivity index (χ2v) is 6.11. The highest BCUT2D eigenvalue weighted by Gasteiger charge is 2.22. The summed E-state index contributed by atoms with van der Waals surface area (Å²) in [6.07, 6.45) is 4.30. The number of hydrogen-bond acceptors (Lipinski definition) is 4. The Labute approximate surface area is 105 Å². The number of hydrogen-bond donors (Lipinski definition) is 2. The summed E-state index contributed by atoms with van der Waals surface area (Å²) >= 11 is 0. The Kier molecular flexibility index (Phi) is 3.72. The van der Waals surface area contributed by atoms with Crippen LogP contribution in [0, 0.1) is 5.92 Å². The third-order valence-electron chi connectivity index (χ3n) is 2.84. The highest BCUT2D eigenvalue weighted by Crippen LogP contribution is 2.33. The van der Waals surface area contributed by atoms with Gasteiger partial charge in [0.2, 0.25) is 10.9 Å². The van der Waals surface area contributed by atoms with Crippen LogP contribution in [0.1, 0.15) is 36.2 Å². The van der Waals surface area contributed by atoms with Crippen molar-refractivity contribution in [3.05, 3.63) is 17.9 Å². The van der Waals surface area contributed by atoms with Gasteiger partial charge in [0.05, 0.1) is 0 Å². The van der Waals surface area contributed by atoms with Crippen molar-refractivity contribution in [1.82, 2.24) is 4.72 Å². The van der Waals surface area contributed by atoms with Crippen LogP contribution in [0.4, 0.5) is 0 Å². The molecular formula is C11H15NO5S. The first-order valence-electron chi connectivity index (χ1n) is 5.82. The predicted octanol–water partition coefficient (Wildman–Crippen LogP) is 1.45. The van der Waals surface area contributed by atoms with Gasteiger partial charge < -0.3 is 9.52 Å². The molecule has 7 heteroatoms. The zero-order chi connectivity index (χ0) is 13.2. The second kappa shape index (κ2) is 5.11. The fourth-order valence-electron chi connectivity index (χ4n) is 1.65. The molecule has 1 saturated carbocycles. The van der Waals surface area contributed by atoms with E-state index in [2.05, 4.69) is 4.72 Å². The normalized spacial score (nSPS) is 15.8. The number of aromatic carboxylic acids is 1. The second-order valence-electron chi connectivity index (χ2n) is 4.41. The van der Waals surface area contributed by atoms with Crippen molar-refractivity contribution >= 4 is 16.0 Å². The lowest BCUT2D eigenvalue weighted by Gasteiger charge is -2.03. The van der Waals surface area contributed by atoms with Gasteiger partial charge in [-0.1, -0.05) is 12.8 Å². The molecule has 1 aromatic heterocycles. The molecule has 2 rings (SSSR count). The molecule has 0 saturated heterocycles. The highest BCUT2D eigenvalue weighted by atomic mass is 32.2. The number of carboxylic acid groups (broad SMARTS) is 1. The monoisotopic (exact) mass is 273 g/mol. The molecule has 0 aromatic carbocycles. The molecule has 0 aliphatic heterocycles. The number of sulfonamides is 1. The average Bonchev–Trinajstić information content (AvgIpc) is 2.96. The van der Waals surface area contributed by atoms with Crippen LogP contribution >= 0.6 is 0 Å². The molecular weight excluding hydrogens is 258 g/mol. The first-order chi connectivity index (χ1) is 8.49. The van der Waals surface area contributed by atoms with E-state index >= 15 is 0 Å². The summed E-state index contributed by atoms with van der Waals surface area (Å²) in [5.74, 6) is -0.907. The molecule has 0 spiro atoms. The molecule has 0 amide bonds. The summed E-state index contributed by atoms with van der Waals surface area (Å²) in [6.45, 7) is 0.349. The Morgan fingerprint density at radius 2 is 2.17 bits per heavy atom. The van der Waals surface area contributed by atoms with E-state index in [0.29, 0.717) is 6.54 Å². The molecule has 1 heterocycles. The maximum absolute atomic E-state index is 11.7. The summed E-state index contributed by atoms with van der Waals surface area (Å²) in [7, 11) is -3.73. The molecule has 6 nitrogen and oxygen atoms in total. The maximum Gasteiger partial charge on any atom is 0.371 e. The van der Waals surface area contributed by atoms with E-state index in [-0.39, 0.29) is 10.9 Å². The molecule has 1 aliphatic carbocycles. The van der Waals surface area contributed by atoms with Crippen LogP contribution < -0.4 is 4.72 Å². The molecule has 1 fully saturated rings. The Morgan fingerprint density at radius 3 is 2.72 bits per heavy atom. The quantitative estimate of drug-likeness (QED) is 0.733. The molecule has 100 valence electrons. The molecule has 0 bridgehead atoms. The van der Waals surface area contributed by atoms with E-state index in [4.69, 9.17) is 9.52 Å². The first kappa shape index (κ1) is 13.1. The summed E-state index contributed by atoms with van der Waals surface area (Å²) in [5, 5.41) is 8.28. The summed E-state index contributed by atoms with van der Waals surface area (Å²) in [4.78, 5) is 10.6. The lowest BCUT2D eigenvalue weighted by Crippen LogP contribution is -2.24. The SMILES string of the molecule is O=C(O)c1ccc(S(=O)(=O)NCCCC2CC2)o1. The number of furan rings is 1. The van der Waals surface area contributed by atoms with Gasteiger partial charge in [0.25, 0.3) is 10.0 Å².